The fourth-order valence-corrected chi connectivity index (χ4v) is 4.24. The Morgan fingerprint density at radius 3 is 2.60 bits per heavy atom. The Balaban J connectivity index is 1.82. The molecular weight excluding hydrogens is 402 g/mol. The largest absolute Gasteiger partial charge is 0.497 e. The van der Waals surface area contributed by atoms with Gasteiger partial charge in [-0.3, -0.25) is 9.59 Å². The van der Waals surface area contributed by atoms with Gasteiger partial charge in [-0.1, -0.05) is 23.7 Å². The van der Waals surface area contributed by atoms with Gasteiger partial charge in [0.2, 0.25) is 0 Å². The number of H-pyrrole nitrogens is 1. The fraction of sp³-hybridized carbons (Fsp3) is 0.304. The second-order valence-corrected chi connectivity index (χ2v) is 8.20. The highest BCUT2D eigenvalue weighted by atomic mass is 35.5. The number of nitrogens with zero attached hydrogens (tertiary/aromatic N) is 1. The van der Waals surface area contributed by atoms with Crippen LogP contribution in [0.4, 0.5) is 0 Å². The molecule has 0 radical (unpaired) electrons. The summed E-state index contributed by atoms with van der Waals surface area (Å²) in [4.78, 5) is 30.7. The van der Waals surface area contributed by atoms with Crippen molar-refractivity contribution in [2.45, 2.75) is 32.4 Å². The molecule has 4 rings (SSSR count). The summed E-state index contributed by atoms with van der Waals surface area (Å²) in [5.41, 5.74) is 3.90. The minimum absolute atomic E-state index is 0.114. The number of hydrogen-bond donors (Lipinski definition) is 2. The molecule has 2 N–H and O–H groups in total. The maximum atomic E-state index is 13.1. The van der Waals surface area contributed by atoms with Gasteiger partial charge < -0.3 is 19.9 Å². The van der Waals surface area contributed by atoms with Crippen LogP contribution < -0.4 is 10.1 Å². The van der Waals surface area contributed by atoms with Crippen LogP contribution in [0.5, 0.6) is 5.75 Å². The Labute approximate surface area is 180 Å². The fourth-order valence-electron chi connectivity index (χ4n) is 4.07. The summed E-state index contributed by atoms with van der Waals surface area (Å²) in [6.07, 6.45) is 0.642. The van der Waals surface area contributed by atoms with E-state index in [1.54, 1.807) is 12.0 Å². The molecule has 0 bridgehead atoms. The van der Waals surface area contributed by atoms with E-state index in [9.17, 15) is 9.59 Å². The normalized spacial score (nSPS) is 15.9. The lowest BCUT2D eigenvalue weighted by molar-refractivity contribution is -0.147. The topological polar surface area (TPSA) is 74.4 Å². The lowest BCUT2D eigenvalue weighted by Crippen LogP contribution is -2.49. The smallest absolute Gasteiger partial charge is 0.312 e. The van der Waals surface area contributed by atoms with E-state index in [1.807, 2.05) is 56.3 Å². The maximum Gasteiger partial charge on any atom is 0.312 e. The second-order valence-electron chi connectivity index (χ2n) is 7.76. The van der Waals surface area contributed by atoms with Crippen molar-refractivity contribution in [2.24, 2.45) is 0 Å². The van der Waals surface area contributed by atoms with Crippen molar-refractivity contribution < 1.29 is 14.3 Å². The molecule has 0 fully saturated rings. The van der Waals surface area contributed by atoms with Crippen molar-refractivity contribution in [3.8, 4) is 5.75 Å². The van der Waals surface area contributed by atoms with Crippen LogP contribution in [0.15, 0.2) is 42.5 Å². The van der Waals surface area contributed by atoms with Gasteiger partial charge >= 0.3 is 11.8 Å². The number of aromatic nitrogens is 1. The average molecular weight is 426 g/mol. The van der Waals surface area contributed by atoms with Gasteiger partial charge in [-0.15, -0.1) is 0 Å². The van der Waals surface area contributed by atoms with Crippen LogP contribution in [0.25, 0.3) is 10.9 Å². The van der Waals surface area contributed by atoms with E-state index in [-0.39, 0.29) is 6.04 Å². The molecule has 1 atom stereocenters. The third-order valence-corrected chi connectivity index (χ3v) is 5.63. The maximum absolute atomic E-state index is 13.1. The van der Waals surface area contributed by atoms with Crippen molar-refractivity contribution in [2.75, 3.05) is 13.7 Å². The lowest BCUT2D eigenvalue weighted by Gasteiger charge is -2.36. The van der Waals surface area contributed by atoms with E-state index in [0.29, 0.717) is 18.0 Å². The van der Waals surface area contributed by atoms with Crippen LogP contribution in [-0.4, -0.2) is 41.4 Å². The Morgan fingerprint density at radius 2 is 1.93 bits per heavy atom. The number of rotatable bonds is 3. The van der Waals surface area contributed by atoms with Crippen LogP contribution >= 0.6 is 11.6 Å². The number of aromatic amines is 1. The molecular formula is C23H24ClN3O3. The molecule has 0 spiro atoms. The van der Waals surface area contributed by atoms with E-state index in [2.05, 4.69) is 10.3 Å². The summed E-state index contributed by atoms with van der Waals surface area (Å²) >= 11 is 6.23. The molecule has 0 saturated carbocycles. The summed E-state index contributed by atoms with van der Waals surface area (Å²) in [7, 11) is 1.61. The van der Waals surface area contributed by atoms with Crippen molar-refractivity contribution in [1.82, 2.24) is 15.2 Å². The zero-order chi connectivity index (χ0) is 21.4. The number of hydrogen-bond acceptors (Lipinski definition) is 3. The predicted octanol–water partition coefficient (Wildman–Crippen LogP) is 3.83. The Hall–Kier alpha value is -2.99. The van der Waals surface area contributed by atoms with Crippen LogP contribution in [0, 0.1) is 0 Å². The number of fused-ring (bicyclic) bond motifs is 3. The molecule has 6 nitrogen and oxygen atoms in total. The molecule has 156 valence electrons. The summed E-state index contributed by atoms with van der Waals surface area (Å²) in [6, 6.07) is 12.8. The SMILES string of the molecule is COc1ccc(C2c3[nH]c4ccc(Cl)cc4c3CCN2C(=O)C(=O)NC(C)C)cc1. The monoisotopic (exact) mass is 425 g/mol. The number of amides is 2. The lowest BCUT2D eigenvalue weighted by atomic mass is 9.92. The van der Waals surface area contributed by atoms with E-state index in [1.165, 1.54) is 0 Å². The molecule has 0 aliphatic carbocycles. The molecule has 2 amide bonds. The van der Waals surface area contributed by atoms with Gasteiger partial charge in [-0.25, -0.2) is 0 Å². The van der Waals surface area contributed by atoms with Gasteiger partial charge in [-0.05, 0) is 61.7 Å². The van der Waals surface area contributed by atoms with Crippen LogP contribution in [0.2, 0.25) is 5.02 Å². The minimum Gasteiger partial charge on any atom is -0.497 e. The Bertz CT molecular complexity index is 1100. The molecule has 1 unspecified atom stereocenters. The quantitative estimate of drug-likeness (QED) is 0.626. The summed E-state index contributed by atoms with van der Waals surface area (Å²) < 4.78 is 5.28. The molecule has 2 heterocycles. The Kier molecular flexibility index (Phi) is 5.43. The first-order chi connectivity index (χ1) is 14.4. The first-order valence-corrected chi connectivity index (χ1v) is 10.3. The van der Waals surface area contributed by atoms with Crippen LogP contribution in [0.3, 0.4) is 0 Å². The molecule has 1 aromatic heterocycles. The van der Waals surface area contributed by atoms with E-state index >= 15 is 0 Å². The minimum atomic E-state index is -0.592. The zero-order valence-corrected chi connectivity index (χ0v) is 17.9. The van der Waals surface area contributed by atoms with E-state index in [0.717, 1.165) is 33.5 Å². The first-order valence-electron chi connectivity index (χ1n) is 9.94. The molecule has 0 saturated heterocycles. The van der Waals surface area contributed by atoms with Crippen molar-refractivity contribution in [3.05, 3.63) is 64.3 Å². The van der Waals surface area contributed by atoms with Gasteiger partial charge in [-0.2, -0.15) is 0 Å². The predicted molar refractivity (Wildman–Crippen MR) is 117 cm³/mol. The van der Waals surface area contributed by atoms with Crippen molar-refractivity contribution in [1.29, 1.82) is 0 Å². The molecule has 7 heteroatoms. The molecule has 30 heavy (non-hydrogen) atoms. The molecule has 1 aliphatic rings. The second kappa shape index (κ2) is 8.03. The van der Waals surface area contributed by atoms with Gasteiger partial charge in [0.05, 0.1) is 13.2 Å². The number of carbonyl (C=O) groups excluding carboxylic acids is 2. The number of halogens is 1. The zero-order valence-electron chi connectivity index (χ0n) is 17.2. The molecule has 2 aromatic carbocycles. The summed E-state index contributed by atoms with van der Waals surface area (Å²) in [5, 5.41) is 4.43. The van der Waals surface area contributed by atoms with Gasteiger partial charge in [0.25, 0.3) is 0 Å². The summed E-state index contributed by atoms with van der Waals surface area (Å²) in [6.45, 7) is 4.11. The highest BCUT2D eigenvalue weighted by Gasteiger charge is 2.37. The number of ether oxygens (including phenoxy) is 1. The average Bonchev–Trinajstić information content (AvgIpc) is 3.10. The van der Waals surface area contributed by atoms with Crippen LogP contribution in [-0.2, 0) is 16.0 Å². The van der Waals surface area contributed by atoms with Gasteiger partial charge in [0.15, 0.2) is 0 Å². The number of nitrogens with one attached hydrogen (secondary N) is 2. The third kappa shape index (κ3) is 3.63. The molecule has 3 aromatic rings. The highest BCUT2D eigenvalue weighted by molar-refractivity contribution is 6.35. The third-order valence-electron chi connectivity index (χ3n) is 5.40. The van der Waals surface area contributed by atoms with Gasteiger partial charge in [0, 0.05) is 34.2 Å². The number of carbonyl (C=O) groups is 2. The first kappa shape index (κ1) is 20.3. The van der Waals surface area contributed by atoms with Crippen molar-refractivity contribution in [3.63, 3.8) is 0 Å². The standard InChI is InChI=1S/C23H24ClN3O3/c1-13(2)25-22(28)23(29)27-11-10-17-18-12-15(24)6-9-19(18)26-20(17)21(27)14-4-7-16(30-3)8-5-14/h4-9,12-13,21,26H,10-11H2,1-3H3,(H,25,28). The number of benzene rings is 2. The Morgan fingerprint density at radius 1 is 1.20 bits per heavy atom. The number of methoxy groups -OCH3 is 1. The van der Waals surface area contributed by atoms with E-state index < -0.39 is 17.9 Å². The van der Waals surface area contributed by atoms with Crippen molar-refractivity contribution >= 4 is 34.3 Å². The van der Waals surface area contributed by atoms with Gasteiger partial charge in [0.1, 0.15) is 5.75 Å². The molecule has 1 aliphatic heterocycles. The summed E-state index contributed by atoms with van der Waals surface area (Å²) in [5.74, 6) is -0.397. The van der Waals surface area contributed by atoms with E-state index in [4.69, 9.17) is 16.3 Å². The van der Waals surface area contributed by atoms with Crippen LogP contribution in [0.1, 0.15) is 36.7 Å². The highest BCUT2D eigenvalue weighted by Crippen LogP contribution is 2.39.